The molecule has 1 rings (SSSR count). The zero-order chi connectivity index (χ0) is 13.0. The molecule has 0 saturated heterocycles. The minimum Gasteiger partial charge on any atom is -0.339 e. The third-order valence-corrected chi connectivity index (χ3v) is 3.21. The number of hydrogen-bond acceptors (Lipinski definition) is 3. The highest BCUT2D eigenvalue weighted by Gasteiger charge is 2.21. The van der Waals surface area contributed by atoms with Crippen LogP contribution in [0.15, 0.2) is 24.3 Å². The van der Waals surface area contributed by atoms with Gasteiger partial charge in [-0.2, -0.15) is 0 Å². The van der Waals surface area contributed by atoms with Crippen molar-refractivity contribution in [1.29, 1.82) is 0 Å². The number of nitrogens with one attached hydrogen (secondary N) is 1. The fraction of sp³-hybridized carbons (Fsp3) is 0.462. The van der Waals surface area contributed by atoms with Crippen LogP contribution in [0.4, 0.5) is 5.69 Å². The summed E-state index contributed by atoms with van der Waals surface area (Å²) in [5, 5.41) is 0. The minimum absolute atomic E-state index is 0.0141. The van der Waals surface area contributed by atoms with Crippen LogP contribution in [0.5, 0.6) is 0 Å². The summed E-state index contributed by atoms with van der Waals surface area (Å²) in [7, 11) is 1.82. The van der Waals surface area contributed by atoms with E-state index in [9.17, 15) is 4.79 Å². The van der Waals surface area contributed by atoms with E-state index in [-0.39, 0.29) is 11.9 Å². The van der Waals surface area contributed by atoms with Crippen molar-refractivity contribution in [3.8, 4) is 0 Å². The third kappa shape index (κ3) is 2.97. The van der Waals surface area contributed by atoms with E-state index in [4.69, 9.17) is 5.84 Å². The number of carbonyl (C=O) groups excluding carboxylic acids is 1. The second kappa shape index (κ2) is 5.68. The first kappa shape index (κ1) is 13.5. The molecule has 0 bridgehead atoms. The van der Waals surface area contributed by atoms with Crippen LogP contribution in [0.25, 0.3) is 0 Å². The topological polar surface area (TPSA) is 58.4 Å². The van der Waals surface area contributed by atoms with Crippen LogP contribution >= 0.6 is 0 Å². The molecule has 0 radical (unpaired) electrons. The van der Waals surface area contributed by atoms with Gasteiger partial charge in [-0.25, -0.2) is 0 Å². The standard InChI is InChI=1S/C13H21N3O/c1-9(2)10(3)16(4)13(17)11-7-5-6-8-12(11)15-14/h5-10,15H,14H2,1-4H3. The van der Waals surface area contributed by atoms with E-state index < -0.39 is 0 Å². The lowest BCUT2D eigenvalue weighted by molar-refractivity contribution is 0.0708. The highest BCUT2D eigenvalue weighted by Crippen LogP contribution is 2.18. The van der Waals surface area contributed by atoms with Gasteiger partial charge in [-0.05, 0) is 25.0 Å². The van der Waals surface area contributed by atoms with Gasteiger partial charge in [0.15, 0.2) is 0 Å². The van der Waals surface area contributed by atoms with Gasteiger partial charge >= 0.3 is 0 Å². The van der Waals surface area contributed by atoms with Crippen LogP contribution in [0.1, 0.15) is 31.1 Å². The highest BCUT2D eigenvalue weighted by atomic mass is 16.2. The first-order valence-corrected chi connectivity index (χ1v) is 5.81. The number of amides is 1. The molecule has 4 heteroatoms. The Balaban J connectivity index is 2.96. The SMILES string of the molecule is CC(C)C(C)N(C)C(=O)c1ccccc1NN. The summed E-state index contributed by atoms with van der Waals surface area (Å²) in [6.45, 7) is 6.24. The average molecular weight is 235 g/mol. The Morgan fingerprint density at radius 1 is 1.29 bits per heavy atom. The van der Waals surface area contributed by atoms with E-state index in [1.54, 1.807) is 17.0 Å². The van der Waals surface area contributed by atoms with Gasteiger partial charge in [0.2, 0.25) is 0 Å². The molecular formula is C13H21N3O. The molecule has 1 aromatic carbocycles. The van der Waals surface area contributed by atoms with Gasteiger partial charge in [0, 0.05) is 13.1 Å². The maximum absolute atomic E-state index is 12.3. The van der Waals surface area contributed by atoms with Gasteiger partial charge in [-0.1, -0.05) is 26.0 Å². The maximum atomic E-state index is 12.3. The van der Waals surface area contributed by atoms with Crippen LogP contribution in [-0.2, 0) is 0 Å². The number of nitrogens with two attached hydrogens (primary N) is 1. The summed E-state index contributed by atoms with van der Waals surface area (Å²) in [4.78, 5) is 14.1. The van der Waals surface area contributed by atoms with Gasteiger partial charge in [0.25, 0.3) is 5.91 Å². The number of para-hydroxylation sites is 1. The summed E-state index contributed by atoms with van der Waals surface area (Å²) in [6.07, 6.45) is 0. The number of hydrazine groups is 1. The molecule has 3 N–H and O–H groups in total. The molecule has 17 heavy (non-hydrogen) atoms. The van der Waals surface area contributed by atoms with Gasteiger partial charge in [0.05, 0.1) is 11.3 Å². The van der Waals surface area contributed by atoms with Gasteiger partial charge in [-0.15, -0.1) is 0 Å². The van der Waals surface area contributed by atoms with Crippen LogP contribution in [0, 0.1) is 5.92 Å². The van der Waals surface area contributed by atoms with E-state index in [0.717, 1.165) is 0 Å². The van der Waals surface area contributed by atoms with Gasteiger partial charge < -0.3 is 10.3 Å². The molecule has 0 saturated carbocycles. The molecule has 1 amide bonds. The third-order valence-electron chi connectivity index (χ3n) is 3.21. The lowest BCUT2D eigenvalue weighted by Crippen LogP contribution is -2.38. The first-order valence-electron chi connectivity index (χ1n) is 5.81. The van der Waals surface area contributed by atoms with Crippen LogP contribution in [0.3, 0.4) is 0 Å². The Morgan fingerprint density at radius 3 is 2.41 bits per heavy atom. The Morgan fingerprint density at radius 2 is 1.88 bits per heavy atom. The summed E-state index contributed by atoms with van der Waals surface area (Å²) >= 11 is 0. The van der Waals surface area contributed by atoms with Crippen LogP contribution < -0.4 is 11.3 Å². The second-order valence-electron chi connectivity index (χ2n) is 4.59. The van der Waals surface area contributed by atoms with Crippen molar-refractivity contribution in [3.05, 3.63) is 29.8 Å². The molecule has 0 aromatic heterocycles. The van der Waals surface area contributed by atoms with Crippen molar-refractivity contribution < 1.29 is 4.79 Å². The van der Waals surface area contributed by atoms with Crippen molar-refractivity contribution in [2.45, 2.75) is 26.8 Å². The summed E-state index contributed by atoms with van der Waals surface area (Å²) in [5.74, 6) is 5.81. The van der Waals surface area contributed by atoms with E-state index in [1.165, 1.54) is 0 Å². The fourth-order valence-corrected chi connectivity index (χ4v) is 1.62. The number of rotatable bonds is 4. The summed E-state index contributed by atoms with van der Waals surface area (Å²) < 4.78 is 0. The Kier molecular flexibility index (Phi) is 4.52. The fourth-order valence-electron chi connectivity index (χ4n) is 1.62. The molecule has 0 heterocycles. The maximum Gasteiger partial charge on any atom is 0.255 e. The molecule has 1 aromatic rings. The van der Waals surface area contributed by atoms with Crippen molar-refractivity contribution in [1.82, 2.24) is 4.90 Å². The lowest BCUT2D eigenvalue weighted by atomic mass is 10.0. The van der Waals surface area contributed by atoms with E-state index >= 15 is 0 Å². The Hall–Kier alpha value is -1.55. The number of benzene rings is 1. The number of nitrogen functional groups attached to an aromatic ring is 1. The molecule has 0 aliphatic heterocycles. The number of nitrogens with zero attached hydrogens (tertiary/aromatic N) is 1. The zero-order valence-electron chi connectivity index (χ0n) is 10.9. The number of anilines is 1. The van der Waals surface area contributed by atoms with Gasteiger partial charge in [-0.3, -0.25) is 10.6 Å². The van der Waals surface area contributed by atoms with E-state index in [2.05, 4.69) is 19.3 Å². The largest absolute Gasteiger partial charge is 0.339 e. The van der Waals surface area contributed by atoms with E-state index in [0.29, 0.717) is 17.2 Å². The minimum atomic E-state index is -0.0141. The Labute approximate surface area is 103 Å². The molecule has 1 unspecified atom stereocenters. The molecule has 1 atom stereocenters. The molecule has 4 nitrogen and oxygen atoms in total. The Bertz CT molecular complexity index is 390. The molecule has 0 spiro atoms. The molecular weight excluding hydrogens is 214 g/mol. The van der Waals surface area contributed by atoms with Gasteiger partial charge in [0.1, 0.15) is 0 Å². The summed E-state index contributed by atoms with van der Waals surface area (Å²) in [5.41, 5.74) is 3.81. The zero-order valence-corrected chi connectivity index (χ0v) is 10.9. The lowest BCUT2D eigenvalue weighted by Gasteiger charge is -2.28. The van der Waals surface area contributed by atoms with Crippen LogP contribution in [-0.4, -0.2) is 23.9 Å². The number of hydrogen-bond donors (Lipinski definition) is 2. The van der Waals surface area contributed by atoms with Crippen molar-refractivity contribution in [3.63, 3.8) is 0 Å². The monoisotopic (exact) mass is 235 g/mol. The summed E-state index contributed by atoms with van der Waals surface area (Å²) in [6, 6.07) is 7.44. The average Bonchev–Trinajstić information content (AvgIpc) is 2.35. The highest BCUT2D eigenvalue weighted by molar-refractivity contribution is 5.99. The van der Waals surface area contributed by atoms with Crippen molar-refractivity contribution in [2.24, 2.45) is 11.8 Å². The first-order chi connectivity index (χ1) is 7.99. The second-order valence-corrected chi connectivity index (χ2v) is 4.59. The molecule has 0 aliphatic carbocycles. The molecule has 0 aliphatic rings. The normalized spacial score (nSPS) is 12.4. The number of carbonyl (C=O) groups is 1. The van der Waals surface area contributed by atoms with Crippen molar-refractivity contribution >= 4 is 11.6 Å². The smallest absolute Gasteiger partial charge is 0.255 e. The van der Waals surface area contributed by atoms with Crippen molar-refractivity contribution in [2.75, 3.05) is 12.5 Å². The predicted molar refractivity (Wildman–Crippen MR) is 70.6 cm³/mol. The molecule has 0 fully saturated rings. The quantitative estimate of drug-likeness (QED) is 0.620. The predicted octanol–water partition coefficient (Wildman–Crippen LogP) is 2.09. The van der Waals surface area contributed by atoms with E-state index in [1.807, 2.05) is 26.1 Å². The van der Waals surface area contributed by atoms with Crippen LogP contribution in [0.2, 0.25) is 0 Å². The molecule has 94 valence electrons.